The first-order valence-electron chi connectivity index (χ1n) is 2.64. The number of hydrogen-bond donors (Lipinski definition) is 0. The Morgan fingerprint density at radius 1 is 1.75 bits per heavy atom. The first-order valence-corrected chi connectivity index (χ1v) is 3.46. The Morgan fingerprint density at radius 2 is 2.25 bits per heavy atom. The van der Waals surface area contributed by atoms with E-state index in [1.54, 1.807) is 0 Å². The third-order valence-corrected chi connectivity index (χ3v) is 1.36. The van der Waals surface area contributed by atoms with Crippen molar-refractivity contribution in [3.05, 3.63) is 11.1 Å². The minimum absolute atomic E-state index is 0.104. The Morgan fingerprint density at radius 3 is 2.38 bits per heavy atom. The molecule has 0 aliphatic heterocycles. The van der Waals surface area contributed by atoms with Crippen molar-refractivity contribution in [3.8, 4) is 0 Å². The van der Waals surface area contributed by atoms with E-state index in [1.807, 2.05) is 19.9 Å². The van der Waals surface area contributed by atoms with Crippen LogP contribution < -0.4 is 0 Å². The first kappa shape index (κ1) is 8.32. The summed E-state index contributed by atoms with van der Waals surface area (Å²) in [6, 6.07) is 0. The van der Waals surface area contributed by atoms with Crippen molar-refractivity contribution in [1.29, 1.82) is 0 Å². The Balaban J connectivity index is 3.51. The summed E-state index contributed by atoms with van der Waals surface area (Å²) in [4.78, 5) is 0. The predicted octanol–water partition coefficient (Wildman–Crippen LogP) is 3.15. The Bertz CT molecular complexity index is 82.5. The number of alkyl halides is 1. The average molecular weight is 153 g/mol. The molecule has 48 valence electrons. The summed E-state index contributed by atoms with van der Waals surface area (Å²) >= 11 is 11.2. The highest BCUT2D eigenvalue weighted by atomic mass is 35.5. The van der Waals surface area contributed by atoms with E-state index >= 15 is 0 Å². The van der Waals surface area contributed by atoms with Crippen molar-refractivity contribution in [2.24, 2.45) is 0 Å². The van der Waals surface area contributed by atoms with Gasteiger partial charge in [0.25, 0.3) is 0 Å². The molecule has 0 saturated carbocycles. The van der Waals surface area contributed by atoms with E-state index in [1.165, 1.54) is 0 Å². The molecule has 0 spiro atoms. The lowest BCUT2D eigenvalue weighted by Gasteiger charge is -1.95. The molecule has 1 unspecified atom stereocenters. The average Bonchev–Trinajstić information content (AvgIpc) is 1.65. The molecule has 1 atom stereocenters. The zero-order valence-electron chi connectivity index (χ0n) is 5.12. The Hall–Kier alpha value is 0.320. The smallest absolute Gasteiger partial charge is 0.0527 e. The lowest BCUT2D eigenvalue weighted by atomic mass is 10.3. The fourth-order valence-electron chi connectivity index (χ4n) is 0.367. The lowest BCUT2D eigenvalue weighted by Crippen LogP contribution is -1.88. The fourth-order valence-corrected chi connectivity index (χ4v) is 0.773. The molecule has 0 amide bonds. The monoisotopic (exact) mass is 152 g/mol. The molecule has 0 radical (unpaired) electrons. The van der Waals surface area contributed by atoms with Crippen LogP contribution in [-0.4, -0.2) is 5.38 Å². The molecule has 8 heavy (non-hydrogen) atoms. The van der Waals surface area contributed by atoms with Crippen LogP contribution in [0.15, 0.2) is 11.1 Å². The van der Waals surface area contributed by atoms with Crippen LogP contribution in [0.4, 0.5) is 0 Å². The van der Waals surface area contributed by atoms with Gasteiger partial charge in [-0.15, -0.1) is 11.6 Å². The van der Waals surface area contributed by atoms with E-state index in [9.17, 15) is 0 Å². The molecule has 0 saturated heterocycles. The molecule has 0 aliphatic rings. The SMILES string of the molecule is CCC(Cl)/C=C(\C)Cl. The second-order valence-electron chi connectivity index (χ2n) is 1.68. The predicted molar refractivity (Wildman–Crippen MR) is 39.5 cm³/mol. The van der Waals surface area contributed by atoms with Gasteiger partial charge < -0.3 is 0 Å². The minimum atomic E-state index is 0.104. The third kappa shape index (κ3) is 4.48. The molecule has 0 aliphatic carbocycles. The van der Waals surface area contributed by atoms with E-state index < -0.39 is 0 Å². The summed E-state index contributed by atoms with van der Waals surface area (Å²) in [5.74, 6) is 0. The third-order valence-electron chi connectivity index (χ3n) is 0.801. The van der Waals surface area contributed by atoms with Crippen LogP contribution in [0.25, 0.3) is 0 Å². The molecule has 0 fully saturated rings. The standard InChI is InChI=1S/C6H10Cl2/c1-3-6(8)4-5(2)7/h4,6H,3H2,1-2H3/b5-4+. The van der Waals surface area contributed by atoms with Gasteiger partial charge in [0.05, 0.1) is 5.38 Å². The quantitative estimate of drug-likeness (QED) is 0.534. The van der Waals surface area contributed by atoms with E-state index in [0.717, 1.165) is 11.5 Å². The molecule has 0 aromatic rings. The van der Waals surface area contributed by atoms with Crippen molar-refractivity contribution in [2.75, 3.05) is 0 Å². The maximum absolute atomic E-state index is 5.70. The van der Waals surface area contributed by atoms with Gasteiger partial charge in [0, 0.05) is 5.03 Å². The number of hydrogen-bond acceptors (Lipinski definition) is 0. The normalized spacial score (nSPS) is 16.2. The lowest BCUT2D eigenvalue weighted by molar-refractivity contribution is 0.963. The van der Waals surface area contributed by atoms with Crippen LogP contribution in [-0.2, 0) is 0 Å². The van der Waals surface area contributed by atoms with Crippen LogP contribution in [0.3, 0.4) is 0 Å². The number of allylic oxidation sites excluding steroid dienone is 2. The van der Waals surface area contributed by atoms with E-state index in [2.05, 4.69) is 0 Å². The van der Waals surface area contributed by atoms with Crippen LogP contribution in [0.1, 0.15) is 20.3 Å². The van der Waals surface area contributed by atoms with Crippen LogP contribution in [0.5, 0.6) is 0 Å². The van der Waals surface area contributed by atoms with E-state index in [0.29, 0.717) is 0 Å². The number of halogens is 2. The largest absolute Gasteiger partial charge is 0.118 e. The zero-order chi connectivity index (χ0) is 6.57. The van der Waals surface area contributed by atoms with Gasteiger partial charge in [-0.05, 0) is 13.3 Å². The van der Waals surface area contributed by atoms with Gasteiger partial charge >= 0.3 is 0 Å². The maximum atomic E-state index is 5.70. The van der Waals surface area contributed by atoms with Gasteiger partial charge in [-0.25, -0.2) is 0 Å². The molecular weight excluding hydrogens is 143 g/mol. The fraction of sp³-hybridized carbons (Fsp3) is 0.667. The van der Waals surface area contributed by atoms with Gasteiger partial charge in [0.2, 0.25) is 0 Å². The van der Waals surface area contributed by atoms with Crippen LogP contribution in [0.2, 0.25) is 0 Å². The summed E-state index contributed by atoms with van der Waals surface area (Å²) in [6.45, 7) is 3.85. The highest BCUT2D eigenvalue weighted by Crippen LogP contribution is 2.08. The van der Waals surface area contributed by atoms with Gasteiger partial charge in [-0.2, -0.15) is 0 Å². The highest BCUT2D eigenvalue weighted by molar-refractivity contribution is 6.30. The summed E-state index contributed by atoms with van der Waals surface area (Å²) < 4.78 is 0. The van der Waals surface area contributed by atoms with Gasteiger partial charge in [-0.1, -0.05) is 24.6 Å². The van der Waals surface area contributed by atoms with Gasteiger partial charge in [0.15, 0.2) is 0 Å². The molecule has 0 bridgehead atoms. The van der Waals surface area contributed by atoms with Gasteiger partial charge in [0.1, 0.15) is 0 Å². The van der Waals surface area contributed by atoms with Crippen molar-refractivity contribution in [3.63, 3.8) is 0 Å². The molecular formula is C6H10Cl2. The topological polar surface area (TPSA) is 0 Å². The minimum Gasteiger partial charge on any atom is -0.118 e. The molecule has 2 heteroatoms. The van der Waals surface area contributed by atoms with Crippen molar-refractivity contribution >= 4 is 23.2 Å². The summed E-state index contributed by atoms with van der Waals surface area (Å²) in [5.41, 5.74) is 0. The van der Waals surface area contributed by atoms with E-state index in [-0.39, 0.29) is 5.38 Å². The van der Waals surface area contributed by atoms with Gasteiger partial charge in [-0.3, -0.25) is 0 Å². The Labute approximate surface area is 60.5 Å². The van der Waals surface area contributed by atoms with Crippen molar-refractivity contribution < 1.29 is 0 Å². The van der Waals surface area contributed by atoms with Crippen LogP contribution in [0, 0.1) is 0 Å². The summed E-state index contributed by atoms with van der Waals surface area (Å²) in [6.07, 6.45) is 2.77. The number of rotatable bonds is 2. The summed E-state index contributed by atoms with van der Waals surface area (Å²) in [5, 5.41) is 0.874. The Kier molecular flexibility index (Phi) is 4.39. The zero-order valence-corrected chi connectivity index (χ0v) is 6.63. The molecule has 0 N–H and O–H groups in total. The van der Waals surface area contributed by atoms with Crippen molar-refractivity contribution in [2.45, 2.75) is 25.6 Å². The van der Waals surface area contributed by atoms with Crippen molar-refractivity contribution in [1.82, 2.24) is 0 Å². The maximum Gasteiger partial charge on any atom is 0.0527 e. The van der Waals surface area contributed by atoms with E-state index in [4.69, 9.17) is 23.2 Å². The van der Waals surface area contributed by atoms with Crippen LogP contribution >= 0.6 is 23.2 Å². The summed E-state index contributed by atoms with van der Waals surface area (Å²) in [7, 11) is 0. The highest BCUT2D eigenvalue weighted by Gasteiger charge is 1.93. The second-order valence-corrected chi connectivity index (χ2v) is 2.83. The molecule has 0 aromatic heterocycles. The molecule has 0 nitrogen and oxygen atoms in total. The molecule has 0 heterocycles. The first-order chi connectivity index (χ1) is 3.66. The second kappa shape index (κ2) is 4.22. The molecule has 0 aromatic carbocycles. The molecule has 0 rings (SSSR count).